The number of fused-ring (bicyclic) bond motifs is 1. The number of nitrogens with one attached hydrogen (secondary N) is 1. The number of halogens is 1. The summed E-state index contributed by atoms with van der Waals surface area (Å²) in [5, 5.41) is 0.685. The van der Waals surface area contributed by atoms with Gasteiger partial charge >= 0.3 is 0 Å². The zero-order valence-corrected chi connectivity index (χ0v) is 14.3. The van der Waals surface area contributed by atoms with Crippen molar-refractivity contribution >= 4 is 27.5 Å². The number of aromatic nitrogens is 2. The number of aryl methyl sites for hydroxylation is 1. The van der Waals surface area contributed by atoms with Gasteiger partial charge in [-0.3, -0.25) is 4.79 Å². The van der Waals surface area contributed by atoms with E-state index in [1.807, 2.05) is 18.2 Å². The summed E-state index contributed by atoms with van der Waals surface area (Å²) in [6.45, 7) is 0.619. The highest BCUT2D eigenvalue weighted by Gasteiger charge is 2.45. The molecular weight excluding hydrogens is 350 g/mol. The molecular formula is C16H16ClN3O3S. The van der Waals surface area contributed by atoms with Crippen molar-refractivity contribution in [2.24, 2.45) is 5.92 Å². The summed E-state index contributed by atoms with van der Waals surface area (Å²) in [6.07, 6.45) is 3.60. The number of amides is 1. The van der Waals surface area contributed by atoms with Crippen LogP contribution in [0.4, 0.5) is 0 Å². The highest BCUT2D eigenvalue weighted by atomic mass is 35.5. The normalized spacial score (nSPS) is 22.2. The Morgan fingerprint density at radius 2 is 2.21 bits per heavy atom. The Kier molecular flexibility index (Phi) is 3.65. The molecule has 1 aromatic carbocycles. The molecule has 4 rings (SSSR count). The van der Waals surface area contributed by atoms with Gasteiger partial charge in [0.2, 0.25) is 5.91 Å². The van der Waals surface area contributed by atoms with Crippen molar-refractivity contribution < 1.29 is 13.2 Å². The maximum Gasteiger partial charge on any atom is 0.281 e. The van der Waals surface area contributed by atoms with Gasteiger partial charge < -0.3 is 4.57 Å². The molecule has 1 amide bonds. The quantitative estimate of drug-likeness (QED) is 0.899. The van der Waals surface area contributed by atoms with E-state index in [0.29, 0.717) is 18.0 Å². The Morgan fingerprint density at radius 1 is 1.38 bits per heavy atom. The summed E-state index contributed by atoms with van der Waals surface area (Å²) in [5.74, 6) is -0.0196. The van der Waals surface area contributed by atoms with E-state index in [-0.39, 0.29) is 16.9 Å². The van der Waals surface area contributed by atoms with Crippen molar-refractivity contribution in [3.05, 3.63) is 46.9 Å². The minimum absolute atomic E-state index is 0.0232. The molecule has 0 spiro atoms. The van der Waals surface area contributed by atoms with Gasteiger partial charge in [0, 0.05) is 23.9 Å². The molecule has 1 aromatic heterocycles. The van der Waals surface area contributed by atoms with E-state index >= 15 is 0 Å². The number of nitrogens with zero attached hydrogens (tertiary/aromatic N) is 2. The minimum Gasteiger partial charge on any atom is -0.318 e. The van der Waals surface area contributed by atoms with Gasteiger partial charge in [0.25, 0.3) is 10.0 Å². The lowest BCUT2D eigenvalue weighted by atomic mass is 10.1. The number of carbonyl (C=O) groups is 1. The van der Waals surface area contributed by atoms with E-state index in [9.17, 15) is 13.2 Å². The van der Waals surface area contributed by atoms with Gasteiger partial charge in [-0.1, -0.05) is 23.7 Å². The molecule has 1 N–H and O–H groups in total. The summed E-state index contributed by atoms with van der Waals surface area (Å²) in [5.41, 5.74) is 0.963. The molecule has 2 aromatic rings. The smallest absolute Gasteiger partial charge is 0.281 e. The molecule has 0 bridgehead atoms. The SMILES string of the molecule is O=C(NS(=O)(=O)c1cnc2n1CCC2)[C@@H]1C[C@@H]1c1cccc(Cl)c1. The first kappa shape index (κ1) is 15.7. The van der Waals surface area contributed by atoms with E-state index in [0.717, 1.165) is 24.2 Å². The molecule has 1 aliphatic heterocycles. The van der Waals surface area contributed by atoms with Crippen LogP contribution in [0.15, 0.2) is 35.5 Å². The molecule has 2 atom stereocenters. The zero-order valence-electron chi connectivity index (χ0n) is 12.8. The van der Waals surface area contributed by atoms with Gasteiger partial charge in [0.05, 0.1) is 6.20 Å². The first-order valence-corrected chi connectivity index (χ1v) is 9.68. The highest BCUT2D eigenvalue weighted by molar-refractivity contribution is 7.90. The minimum atomic E-state index is -3.89. The van der Waals surface area contributed by atoms with Crippen molar-refractivity contribution in [1.29, 1.82) is 0 Å². The summed E-state index contributed by atoms with van der Waals surface area (Å²) >= 11 is 5.97. The van der Waals surface area contributed by atoms with Gasteiger partial charge in [-0.15, -0.1) is 0 Å². The van der Waals surface area contributed by atoms with E-state index < -0.39 is 15.9 Å². The van der Waals surface area contributed by atoms with Crippen LogP contribution in [-0.2, 0) is 27.8 Å². The second kappa shape index (κ2) is 5.60. The van der Waals surface area contributed by atoms with Crippen molar-refractivity contribution in [2.75, 3.05) is 0 Å². The molecule has 1 saturated carbocycles. The molecule has 2 aliphatic rings. The molecule has 0 radical (unpaired) electrons. The fraction of sp³-hybridized carbons (Fsp3) is 0.375. The number of hydrogen-bond donors (Lipinski definition) is 1. The van der Waals surface area contributed by atoms with Crippen LogP contribution >= 0.6 is 11.6 Å². The average Bonchev–Trinajstić information content (AvgIpc) is 3.01. The summed E-state index contributed by atoms with van der Waals surface area (Å²) in [6, 6.07) is 7.32. The predicted molar refractivity (Wildman–Crippen MR) is 88.2 cm³/mol. The number of rotatable bonds is 4. The highest BCUT2D eigenvalue weighted by Crippen LogP contribution is 2.48. The largest absolute Gasteiger partial charge is 0.318 e. The molecule has 2 heterocycles. The van der Waals surface area contributed by atoms with Gasteiger partial charge in [0.1, 0.15) is 5.82 Å². The molecule has 126 valence electrons. The first-order chi connectivity index (χ1) is 11.5. The topological polar surface area (TPSA) is 81.1 Å². The van der Waals surface area contributed by atoms with E-state index in [2.05, 4.69) is 9.71 Å². The summed E-state index contributed by atoms with van der Waals surface area (Å²) in [4.78, 5) is 16.5. The second-order valence-corrected chi connectivity index (χ2v) is 8.31. The molecule has 0 saturated heterocycles. The van der Waals surface area contributed by atoms with Crippen LogP contribution in [-0.4, -0.2) is 23.9 Å². The Labute approximate surface area is 144 Å². The third-order valence-electron chi connectivity index (χ3n) is 4.60. The van der Waals surface area contributed by atoms with E-state index in [1.165, 1.54) is 6.20 Å². The predicted octanol–water partition coefficient (Wildman–Crippen LogP) is 2.09. The molecule has 6 nitrogen and oxygen atoms in total. The third kappa shape index (κ3) is 2.71. The number of hydrogen-bond acceptors (Lipinski definition) is 4. The zero-order chi connectivity index (χ0) is 16.9. The molecule has 0 unspecified atom stereocenters. The average molecular weight is 366 g/mol. The Balaban J connectivity index is 1.48. The Morgan fingerprint density at radius 3 is 3.00 bits per heavy atom. The van der Waals surface area contributed by atoms with Crippen LogP contribution in [0, 0.1) is 5.92 Å². The second-order valence-electron chi connectivity index (χ2n) is 6.24. The van der Waals surface area contributed by atoms with E-state index in [1.54, 1.807) is 10.6 Å². The molecule has 1 aliphatic carbocycles. The van der Waals surface area contributed by atoms with Gasteiger partial charge in [-0.2, -0.15) is 8.42 Å². The fourth-order valence-electron chi connectivity index (χ4n) is 3.30. The van der Waals surface area contributed by atoms with Crippen LogP contribution in [0.3, 0.4) is 0 Å². The van der Waals surface area contributed by atoms with Crippen LogP contribution in [0.25, 0.3) is 0 Å². The number of benzene rings is 1. The van der Waals surface area contributed by atoms with Crippen LogP contribution in [0.1, 0.15) is 30.1 Å². The van der Waals surface area contributed by atoms with Crippen LogP contribution in [0.5, 0.6) is 0 Å². The molecule has 1 fully saturated rings. The van der Waals surface area contributed by atoms with Crippen LogP contribution in [0.2, 0.25) is 5.02 Å². The van der Waals surface area contributed by atoms with Crippen molar-refractivity contribution in [2.45, 2.75) is 36.8 Å². The number of carbonyl (C=O) groups excluding carboxylic acids is 1. The summed E-state index contributed by atoms with van der Waals surface area (Å²) in [7, 11) is -3.89. The lowest BCUT2D eigenvalue weighted by molar-refractivity contribution is -0.120. The fourth-order valence-corrected chi connectivity index (χ4v) is 4.69. The maximum atomic E-state index is 12.5. The van der Waals surface area contributed by atoms with Crippen LogP contribution < -0.4 is 4.72 Å². The summed E-state index contributed by atoms with van der Waals surface area (Å²) < 4.78 is 28.8. The first-order valence-electron chi connectivity index (χ1n) is 7.82. The number of sulfonamides is 1. The number of imidazole rings is 1. The lowest BCUT2D eigenvalue weighted by Crippen LogP contribution is -2.33. The van der Waals surface area contributed by atoms with Crippen molar-refractivity contribution in [1.82, 2.24) is 14.3 Å². The molecule has 8 heteroatoms. The van der Waals surface area contributed by atoms with E-state index in [4.69, 9.17) is 11.6 Å². The third-order valence-corrected chi connectivity index (χ3v) is 6.18. The van der Waals surface area contributed by atoms with Crippen molar-refractivity contribution in [3.63, 3.8) is 0 Å². The standard InChI is InChI=1S/C16H16ClN3O3S/c17-11-4-1-3-10(7-11)12-8-13(12)16(21)19-24(22,23)15-9-18-14-5-2-6-20(14)15/h1,3-4,7,9,12-13H,2,5-6,8H2,(H,19,21)/t12-,13-/m1/s1. The Hall–Kier alpha value is -1.86. The molecule has 24 heavy (non-hydrogen) atoms. The maximum absolute atomic E-state index is 12.5. The van der Waals surface area contributed by atoms with Crippen molar-refractivity contribution in [3.8, 4) is 0 Å². The van der Waals surface area contributed by atoms with Gasteiger partial charge in [0.15, 0.2) is 5.03 Å². The Bertz CT molecular complexity index is 922. The van der Waals surface area contributed by atoms with Gasteiger partial charge in [-0.05, 0) is 36.5 Å². The van der Waals surface area contributed by atoms with Gasteiger partial charge in [-0.25, -0.2) is 9.71 Å². The monoisotopic (exact) mass is 365 g/mol. The lowest BCUT2D eigenvalue weighted by Gasteiger charge is -2.08.